The Hall–Kier alpha value is -0.980. The van der Waals surface area contributed by atoms with E-state index in [2.05, 4.69) is 15.2 Å². The van der Waals surface area contributed by atoms with Crippen molar-refractivity contribution in [3.8, 4) is 0 Å². The molecule has 102 valence electrons. The van der Waals surface area contributed by atoms with Crippen molar-refractivity contribution in [2.45, 2.75) is 30.8 Å². The van der Waals surface area contributed by atoms with Gasteiger partial charge in [-0.2, -0.15) is 0 Å². The van der Waals surface area contributed by atoms with Crippen LogP contribution >= 0.6 is 35.0 Å². The van der Waals surface area contributed by atoms with Crippen LogP contribution in [-0.4, -0.2) is 19.7 Å². The summed E-state index contributed by atoms with van der Waals surface area (Å²) < 4.78 is 1.59. The molecule has 2 rings (SSSR count). The van der Waals surface area contributed by atoms with Crippen molar-refractivity contribution in [1.29, 1.82) is 0 Å². The summed E-state index contributed by atoms with van der Waals surface area (Å²) in [6.07, 6.45) is 0. The summed E-state index contributed by atoms with van der Waals surface area (Å²) in [5, 5.41) is 7.97. The van der Waals surface area contributed by atoms with E-state index in [4.69, 9.17) is 23.2 Å². The molecule has 0 atom stereocenters. The molecule has 1 N–H and O–H groups in total. The van der Waals surface area contributed by atoms with Gasteiger partial charge in [-0.15, -0.1) is 5.10 Å². The van der Waals surface area contributed by atoms with E-state index in [1.165, 1.54) is 11.8 Å². The van der Waals surface area contributed by atoms with Crippen LogP contribution in [0.1, 0.15) is 25.6 Å². The zero-order valence-electron chi connectivity index (χ0n) is 10.4. The fourth-order valence-corrected chi connectivity index (χ4v) is 2.98. The van der Waals surface area contributed by atoms with E-state index in [9.17, 15) is 4.79 Å². The van der Waals surface area contributed by atoms with Gasteiger partial charge in [-0.05, 0) is 26.0 Å². The first-order valence-electron chi connectivity index (χ1n) is 5.59. The fourth-order valence-electron chi connectivity index (χ4n) is 1.54. The van der Waals surface area contributed by atoms with Gasteiger partial charge < -0.3 is 0 Å². The van der Waals surface area contributed by atoms with E-state index in [1.807, 2.05) is 13.8 Å². The minimum Gasteiger partial charge on any atom is -0.268 e. The number of thioether (sulfide) groups is 1. The van der Waals surface area contributed by atoms with Crippen LogP contribution in [0.15, 0.2) is 22.1 Å². The lowest BCUT2D eigenvalue weighted by Gasteiger charge is -2.08. The Morgan fingerprint density at radius 2 is 2.16 bits per heavy atom. The predicted octanol–water partition coefficient (Wildman–Crippen LogP) is 3.15. The van der Waals surface area contributed by atoms with Crippen LogP contribution < -0.4 is 5.69 Å². The van der Waals surface area contributed by atoms with E-state index < -0.39 is 0 Å². The Bertz CT molecular complexity index is 638. The number of nitrogens with one attached hydrogen (secondary N) is 1. The Labute approximate surface area is 124 Å². The third-order valence-corrected chi connectivity index (χ3v) is 3.93. The molecule has 0 unspecified atom stereocenters. The molecule has 0 fully saturated rings. The van der Waals surface area contributed by atoms with Gasteiger partial charge in [-0.25, -0.2) is 14.9 Å². The molecule has 2 aromatic rings. The summed E-state index contributed by atoms with van der Waals surface area (Å²) in [5.41, 5.74) is 0.451. The van der Waals surface area contributed by atoms with Gasteiger partial charge in [0.1, 0.15) is 5.15 Å². The maximum atomic E-state index is 11.6. The Balaban J connectivity index is 2.19. The highest BCUT2D eigenvalue weighted by molar-refractivity contribution is 7.98. The number of hydrogen-bond acceptors (Lipinski definition) is 4. The maximum Gasteiger partial charge on any atom is 0.344 e. The minimum absolute atomic E-state index is 0.0385. The number of aromatic amines is 1. The monoisotopic (exact) mass is 318 g/mol. The third kappa shape index (κ3) is 3.32. The molecule has 0 spiro atoms. The molecule has 8 heteroatoms. The molecule has 0 aliphatic rings. The molecule has 19 heavy (non-hydrogen) atoms. The number of pyridine rings is 1. The van der Waals surface area contributed by atoms with Gasteiger partial charge in [-0.3, -0.25) is 4.57 Å². The standard InChI is InChI=1S/C11H12Cl2N4OS/c1-6(2)17-10(18)15-16-11(17)19-5-8-7(12)3-4-9(13)14-8/h3-4,6H,5H2,1-2H3,(H,15,18). The van der Waals surface area contributed by atoms with Crippen LogP contribution in [0.5, 0.6) is 0 Å². The highest BCUT2D eigenvalue weighted by atomic mass is 35.5. The van der Waals surface area contributed by atoms with E-state index in [-0.39, 0.29) is 11.7 Å². The highest BCUT2D eigenvalue weighted by Crippen LogP contribution is 2.25. The molecule has 0 bridgehead atoms. The molecule has 0 saturated carbocycles. The van der Waals surface area contributed by atoms with Crippen molar-refractivity contribution in [2.24, 2.45) is 0 Å². The lowest BCUT2D eigenvalue weighted by atomic mass is 10.4. The number of halogens is 2. The number of aromatic nitrogens is 4. The average molecular weight is 319 g/mol. The van der Waals surface area contributed by atoms with Crippen molar-refractivity contribution in [1.82, 2.24) is 19.7 Å². The zero-order chi connectivity index (χ0) is 14.0. The van der Waals surface area contributed by atoms with Gasteiger partial charge in [-0.1, -0.05) is 35.0 Å². The summed E-state index contributed by atoms with van der Waals surface area (Å²) >= 11 is 13.3. The van der Waals surface area contributed by atoms with E-state index in [1.54, 1.807) is 16.7 Å². The number of nitrogens with zero attached hydrogens (tertiary/aromatic N) is 3. The van der Waals surface area contributed by atoms with Crippen LogP contribution in [0.2, 0.25) is 10.2 Å². The minimum atomic E-state index is -0.220. The van der Waals surface area contributed by atoms with Crippen LogP contribution in [0.3, 0.4) is 0 Å². The summed E-state index contributed by atoms with van der Waals surface area (Å²) in [4.78, 5) is 15.7. The second kappa shape index (κ2) is 5.98. The summed E-state index contributed by atoms with van der Waals surface area (Å²) in [5.74, 6) is 0.496. The highest BCUT2D eigenvalue weighted by Gasteiger charge is 2.13. The Morgan fingerprint density at radius 3 is 2.84 bits per heavy atom. The van der Waals surface area contributed by atoms with Crippen LogP contribution in [-0.2, 0) is 5.75 Å². The lowest BCUT2D eigenvalue weighted by Crippen LogP contribution is -2.19. The Morgan fingerprint density at radius 1 is 1.42 bits per heavy atom. The molecular formula is C11H12Cl2N4OS. The smallest absolute Gasteiger partial charge is 0.268 e. The fraction of sp³-hybridized carbons (Fsp3) is 0.364. The molecule has 0 aliphatic heterocycles. The van der Waals surface area contributed by atoms with E-state index >= 15 is 0 Å². The summed E-state index contributed by atoms with van der Waals surface area (Å²) in [6, 6.07) is 3.38. The molecular weight excluding hydrogens is 307 g/mol. The quantitative estimate of drug-likeness (QED) is 0.694. The van der Waals surface area contributed by atoms with Gasteiger partial charge in [0.25, 0.3) is 0 Å². The van der Waals surface area contributed by atoms with Crippen LogP contribution in [0.4, 0.5) is 0 Å². The first kappa shape index (κ1) is 14.4. The lowest BCUT2D eigenvalue weighted by molar-refractivity contribution is 0.534. The first-order chi connectivity index (χ1) is 8.99. The van der Waals surface area contributed by atoms with E-state index in [0.29, 0.717) is 26.8 Å². The van der Waals surface area contributed by atoms with Crippen LogP contribution in [0, 0.1) is 0 Å². The van der Waals surface area contributed by atoms with Crippen molar-refractivity contribution in [3.05, 3.63) is 38.5 Å². The maximum absolute atomic E-state index is 11.6. The van der Waals surface area contributed by atoms with Gasteiger partial charge in [0.2, 0.25) is 0 Å². The summed E-state index contributed by atoms with van der Waals surface area (Å²) in [7, 11) is 0. The second-order valence-corrected chi connectivity index (χ2v) is 5.86. The summed E-state index contributed by atoms with van der Waals surface area (Å²) in [6.45, 7) is 3.84. The zero-order valence-corrected chi connectivity index (χ0v) is 12.7. The second-order valence-electron chi connectivity index (χ2n) is 4.13. The van der Waals surface area contributed by atoms with Gasteiger partial charge >= 0.3 is 5.69 Å². The van der Waals surface area contributed by atoms with Gasteiger partial charge in [0, 0.05) is 11.8 Å². The topological polar surface area (TPSA) is 63.6 Å². The third-order valence-electron chi connectivity index (χ3n) is 2.41. The van der Waals surface area contributed by atoms with E-state index in [0.717, 1.165) is 0 Å². The predicted molar refractivity (Wildman–Crippen MR) is 77.1 cm³/mol. The first-order valence-corrected chi connectivity index (χ1v) is 7.34. The van der Waals surface area contributed by atoms with Crippen molar-refractivity contribution in [3.63, 3.8) is 0 Å². The molecule has 0 aromatic carbocycles. The van der Waals surface area contributed by atoms with Crippen LogP contribution in [0.25, 0.3) is 0 Å². The number of rotatable bonds is 4. The van der Waals surface area contributed by atoms with Crippen molar-refractivity contribution in [2.75, 3.05) is 0 Å². The SMILES string of the molecule is CC(C)n1c(SCc2nc(Cl)ccc2Cl)n[nH]c1=O. The normalized spacial score (nSPS) is 11.2. The Kier molecular flexibility index (Phi) is 4.54. The molecule has 2 heterocycles. The van der Waals surface area contributed by atoms with Crippen molar-refractivity contribution >= 4 is 35.0 Å². The molecule has 5 nitrogen and oxygen atoms in total. The number of H-pyrrole nitrogens is 1. The van der Waals surface area contributed by atoms with Crippen molar-refractivity contribution < 1.29 is 0 Å². The largest absolute Gasteiger partial charge is 0.344 e. The molecule has 2 aromatic heterocycles. The molecule has 0 saturated heterocycles. The molecule has 0 amide bonds. The molecule has 0 radical (unpaired) electrons. The average Bonchev–Trinajstić information content (AvgIpc) is 2.72. The van der Waals surface area contributed by atoms with Gasteiger partial charge in [0.05, 0.1) is 10.7 Å². The molecule has 0 aliphatic carbocycles. The number of hydrogen-bond donors (Lipinski definition) is 1. The van der Waals surface area contributed by atoms with Gasteiger partial charge in [0.15, 0.2) is 5.16 Å².